The van der Waals surface area contributed by atoms with Crippen molar-refractivity contribution < 1.29 is 13.2 Å². The number of sulfone groups is 1. The Hall–Kier alpha value is -1.22. The monoisotopic (exact) mass is 346 g/mol. The van der Waals surface area contributed by atoms with E-state index in [0.717, 1.165) is 25.7 Å². The molecule has 0 spiro atoms. The summed E-state index contributed by atoms with van der Waals surface area (Å²) in [6.07, 6.45) is 3.39. The van der Waals surface area contributed by atoms with Crippen LogP contribution in [-0.2, 0) is 27.7 Å². The maximum Gasteiger partial charge on any atom is 0.221 e. The van der Waals surface area contributed by atoms with Gasteiger partial charge in [0.1, 0.15) is 0 Å². The summed E-state index contributed by atoms with van der Waals surface area (Å²) >= 11 is 5.07. The van der Waals surface area contributed by atoms with Gasteiger partial charge in [-0.1, -0.05) is 12.8 Å². The van der Waals surface area contributed by atoms with E-state index in [0.29, 0.717) is 17.1 Å². The molecule has 1 aliphatic carbocycles. The van der Waals surface area contributed by atoms with Crippen molar-refractivity contribution in [2.75, 3.05) is 5.75 Å². The maximum atomic E-state index is 12.1. The highest BCUT2D eigenvalue weighted by atomic mass is 32.2. The Morgan fingerprint density at radius 1 is 1.45 bits per heavy atom. The van der Waals surface area contributed by atoms with E-state index >= 15 is 0 Å². The molecule has 124 valence electrons. The van der Waals surface area contributed by atoms with Crippen LogP contribution in [0.2, 0.25) is 0 Å². The number of amides is 1. The van der Waals surface area contributed by atoms with Crippen molar-refractivity contribution in [2.24, 2.45) is 0 Å². The van der Waals surface area contributed by atoms with Crippen molar-refractivity contribution in [2.45, 2.75) is 57.4 Å². The molecule has 1 fully saturated rings. The van der Waals surface area contributed by atoms with Gasteiger partial charge < -0.3 is 9.88 Å². The second kappa shape index (κ2) is 7.36. The Morgan fingerprint density at radius 2 is 2.14 bits per heavy atom. The largest absolute Gasteiger partial charge is 0.349 e. The Balaban J connectivity index is 1.82. The number of nitrogens with zero attached hydrogens (tertiary/aromatic N) is 2. The first-order valence-electron chi connectivity index (χ1n) is 7.56. The summed E-state index contributed by atoms with van der Waals surface area (Å²) in [7, 11) is -3.15. The molecule has 1 heterocycles. The van der Waals surface area contributed by atoms with Gasteiger partial charge in [-0.3, -0.25) is 9.89 Å². The molecule has 1 aromatic heterocycles. The smallest absolute Gasteiger partial charge is 0.221 e. The SMILES string of the molecule is CCn1c(CNC(=O)CCS(=O)(=O)C2CCCC2)n[nH]c1=S. The lowest BCUT2D eigenvalue weighted by Gasteiger charge is -2.11. The molecule has 0 saturated heterocycles. The Bertz CT molecular complexity index is 672. The summed E-state index contributed by atoms with van der Waals surface area (Å²) < 4.78 is 26.5. The van der Waals surface area contributed by atoms with Crippen LogP contribution in [0.15, 0.2) is 0 Å². The average molecular weight is 346 g/mol. The van der Waals surface area contributed by atoms with E-state index in [1.54, 1.807) is 4.57 Å². The normalized spacial score (nSPS) is 16.0. The molecule has 1 aromatic rings. The predicted molar refractivity (Wildman–Crippen MR) is 85.6 cm³/mol. The van der Waals surface area contributed by atoms with Gasteiger partial charge in [0.2, 0.25) is 5.91 Å². The maximum absolute atomic E-state index is 12.1. The first kappa shape index (κ1) is 17.1. The van der Waals surface area contributed by atoms with Gasteiger partial charge in [-0.15, -0.1) is 0 Å². The second-order valence-corrected chi connectivity index (χ2v) is 8.28. The minimum absolute atomic E-state index is 0.00386. The molecule has 1 aliphatic rings. The molecule has 0 bridgehead atoms. The van der Waals surface area contributed by atoms with E-state index < -0.39 is 9.84 Å². The number of carbonyl (C=O) groups excluding carboxylic acids is 1. The lowest BCUT2D eigenvalue weighted by atomic mass is 10.4. The van der Waals surface area contributed by atoms with Crippen LogP contribution in [-0.4, -0.2) is 40.1 Å². The Morgan fingerprint density at radius 3 is 2.77 bits per heavy atom. The predicted octanol–water partition coefficient (Wildman–Crippen LogP) is 1.32. The van der Waals surface area contributed by atoms with Gasteiger partial charge in [-0.05, 0) is 32.0 Å². The van der Waals surface area contributed by atoms with Crippen LogP contribution in [0.25, 0.3) is 0 Å². The van der Waals surface area contributed by atoms with Crippen molar-refractivity contribution in [3.05, 3.63) is 10.6 Å². The fraction of sp³-hybridized carbons (Fsp3) is 0.769. The molecular weight excluding hydrogens is 324 g/mol. The van der Waals surface area contributed by atoms with Crippen molar-refractivity contribution in [3.8, 4) is 0 Å². The third-order valence-corrected chi connectivity index (χ3v) is 6.59. The van der Waals surface area contributed by atoms with Gasteiger partial charge >= 0.3 is 0 Å². The zero-order valence-corrected chi connectivity index (χ0v) is 14.3. The number of aromatic amines is 1. The van der Waals surface area contributed by atoms with Crippen molar-refractivity contribution in [3.63, 3.8) is 0 Å². The van der Waals surface area contributed by atoms with Gasteiger partial charge in [0, 0.05) is 13.0 Å². The van der Waals surface area contributed by atoms with Crippen LogP contribution >= 0.6 is 12.2 Å². The highest BCUT2D eigenvalue weighted by Crippen LogP contribution is 2.25. The lowest BCUT2D eigenvalue weighted by Crippen LogP contribution is -2.29. The summed E-state index contributed by atoms with van der Waals surface area (Å²) in [5.74, 6) is 0.280. The summed E-state index contributed by atoms with van der Waals surface area (Å²) in [6, 6.07) is 0. The number of nitrogens with one attached hydrogen (secondary N) is 2. The standard InChI is InChI=1S/C13H22N4O3S2/c1-2-17-11(15-16-13(17)21)9-14-12(18)7-8-22(19,20)10-5-3-4-6-10/h10H,2-9H2,1H3,(H,14,18)(H,16,21). The second-order valence-electron chi connectivity index (χ2n) is 5.49. The van der Waals surface area contributed by atoms with Gasteiger partial charge in [-0.25, -0.2) is 8.42 Å². The van der Waals surface area contributed by atoms with Crippen LogP contribution in [0.3, 0.4) is 0 Å². The molecule has 0 radical (unpaired) electrons. The first-order valence-corrected chi connectivity index (χ1v) is 9.68. The van der Waals surface area contributed by atoms with Crippen LogP contribution < -0.4 is 5.32 Å². The third kappa shape index (κ3) is 4.16. The number of rotatable bonds is 7. The van der Waals surface area contributed by atoms with Crippen LogP contribution in [0.5, 0.6) is 0 Å². The number of H-pyrrole nitrogens is 1. The molecule has 9 heteroatoms. The molecule has 0 aliphatic heterocycles. The Kier molecular flexibility index (Phi) is 5.74. The summed E-state index contributed by atoms with van der Waals surface area (Å²) in [6.45, 7) is 2.84. The van der Waals surface area contributed by atoms with E-state index in [9.17, 15) is 13.2 Å². The number of hydrogen-bond donors (Lipinski definition) is 2. The fourth-order valence-electron chi connectivity index (χ4n) is 2.73. The van der Waals surface area contributed by atoms with Crippen molar-refractivity contribution in [1.29, 1.82) is 0 Å². The van der Waals surface area contributed by atoms with E-state index in [2.05, 4.69) is 15.5 Å². The number of carbonyl (C=O) groups is 1. The minimum atomic E-state index is -3.15. The van der Waals surface area contributed by atoms with Crippen molar-refractivity contribution >= 4 is 28.0 Å². The molecule has 22 heavy (non-hydrogen) atoms. The van der Waals surface area contributed by atoms with E-state index in [1.807, 2.05) is 6.92 Å². The molecule has 2 N–H and O–H groups in total. The molecular formula is C13H22N4O3S2. The summed E-state index contributed by atoms with van der Waals surface area (Å²) in [5.41, 5.74) is 0. The number of aromatic nitrogens is 3. The van der Waals surface area contributed by atoms with Crippen LogP contribution in [0, 0.1) is 4.77 Å². The van der Waals surface area contributed by atoms with E-state index in [4.69, 9.17) is 12.2 Å². The molecule has 0 atom stereocenters. The van der Waals surface area contributed by atoms with Crippen LogP contribution in [0.4, 0.5) is 0 Å². The molecule has 0 aromatic carbocycles. The zero-order chi connectivity index (χ0) is 16.2. The molecule has 1 amide bonds. The van der Waals surface area contributed by atoms with Gasteiger partial charge in [0.15, 0.2) is 20.4 Å². The topological polar surface area (TPSA) is 96.8 Å². The summed E-state index contributed by atoms with van der Waals surface area (Å²) in [5, 5.41) is 9.16. The zero-order valence-electron chi connectivity index (χ0n) is 12.7. The van der Waals surface area contributed by atoms with E-state index in [-0.39, 0.29) is 29.9 Å². The van der Waals surface area contributed by atoms with Crippen molar-refractivity contribution in [1.82, 2.24) is 20.1 Å². The first-order chi connectivity index (χ1) is 10.4. The molecule has 2 rings (SSSR count). The molecule has 7 nitrogen and oxygen atoms in total. The van der Waals surface area contributed by atoms with Gasteiger partial charge in [0.05, 0.1) is 17.5 Å². The van der Waals surface area contributed by atoms with Gasteiger partial charge in [-0.2, -0.15) is 5.10 Å². The third-order valence-electron chi connectivity index (χ3n) is 4.02. The van der Waals surface area contributed by atoms with Crippen LogP contribution in [0.1, 0.15) is 44.9 Å². The highest BCUT2D eigenvalue weighted by Gasteiger charge is 2.28. The molecule has 0 unspecified atom stereocenters. The highest BCUT2D eigenvalue weighted by molar-refractivity contribution is 7.92. The Labute approximate surface area is 135 Å². The lowest BCUT2D eigenvalue weighted by molar-refractivity contribution is -0.120. The van der Waals surface area contributed by atoms with Gasteiger partial charge in [0.25, 0.3) is 0 Å². The summed E-state index contributed by atoms with van der Waals surface area (Å²) in [4.78, 5) is 11.8. The average Bonchev–Trinajstić information content (AvgIpc) is 3.13. The minimum Gasteiger partial charge on any atom is -0.349 e. The molecule has 1 saturated carbocycles. The fourth-order valence-corrected chi connectivity index (χ4v) is 4.86. The van der Waals surface area contributed by atoms with E-state index in [1.165, 1.54) is 0 Å². The number of hydrogen-bond acceptors (Lipinski definition) is 5. The quantitative estimate of drug-likeness (QED) is 0.726.